The fraction of sp³-hybridized carbons (Fsp3) is 0.391. The number of hydrogen-bond donors (Lipinski definition) is 1. The van der Waals surface area contributed by atoms with Gasteiger partial charge in [-0.2, -0.15) is 20.3 Å². The third-order valence-corrected chi connectivity index (χ3v) is 4.68. The second-order valence-electron chi connectivity index (χ2n) is 7.14. The predicted octanol–water partition coefficient (Wildman–Crippen LogP) is 0.973. The largest absolute Gasteiger partial charge is 1.00 e. The molecule has 16 heteroatoms. The minimum atomic E-state index is -0.924. The number of aromatic nitrogens is 6. The Kier molecular flexibility index (Phi) is 20.7. The Morgan fingerprint density at radius 2 is 1.26 bits per heavy atom. The van der Waals surface area contributed by atoms with E-state index in [9.17, 15) is 14.4 Å². The standard InChI is InChI=1S/C8H9N3OS.C7H9ClN2O.C7H10N2O2.CHNS.K/c1-3-11-7(4-6(2)10-11)8(12)9-5-13;1-3-10-6(7(8)11)4-5(2)9-10;1-3-9-6(7(10)11)4-5(2)8-9;2-1-3;/h4H,3H2,1-2H3;4H,3H2,1-2H3;4H,3H2,1-2H3,(H,10,11);3H;/q;;;;+1/p-1. The number of aliphatic imine (C=N–C) groups is 1. The first kappa shape index (κ1) is 39.0. The molecule has 0 aromatic carbocycles. The molecule has 204 valence electrons. The molecule has 0 bridgehead atoms. The summed E-state index contributed by atoms with van der Waals surface area (Å²) in [4.78, 5) is 35.9. The monoisotopic (exact) mass is 618 g/mol. The number of halogens is 1. The van der Waals surface area contributed by atoms with Crippen LogP contribution < -0.4 is 51.4 Å². The molecule has 0 aliphatic rings. The molecule has 0 saturated heterocycles. The van der Waals surface area contributed by atoms with Gasteiger partial charge in [-0.3, -0.25) is 23.6 Å². The third kappa shape index (κ3) is 13.7. The Hall–Kier alpha value is -2.12. The number of amides is 1. The summed E-state index contributed by atoms with van der Waals surface area (Å²) < 4.78 is 4.65. The molecule has 3 aromatic rings. The SMILES string of the molecule is CCn1nc(C)cc1C(=O)Cl.CCn1nc(C)cc1C(=O)N=C=S.CCn1nc(C)cc1C(=O)O.N#C[S-].[K+]. The van der Waals surface area contributed by atoms with Gasteiger partial charge in [-0.15, -0.1) is 0 Å². The number of carbonyl (C=O) groups is 3. The number of nitriles is 1. The quantitative estimate of drug-likeness (QED) is 0.105. The number of isothiocyanates is 1. The number of nitrogens with zero attached hydrogens (tertiary/aromatic N) is 8. The van der Waals surface area contributed by atoms with E-state index in [2.05, 4.69) is 45.1 Å². The summed E-state index contributed by atoms with van der Waals surface area (Å²) in [6.07, 6.45) is 0. The van der Waals surface area contributed by atoms with Crippen LogP contribution in [0, 0.1) is 31.4 Å². The second-order valence-corrected chi connectivity index (χ2v) is 7.85. The molecule has 0 aliphatic heterocycles. The number of thiocarbonyl (C=S) groups is 1. The minimum Gasteiger partial charge on any atom is -0.696 e. The number of thiocyanates is 1. The maximum atomic E-state index is 11.3. The zero-order valence-electron chi connectivity index (χ0n) is 22.8. The number of aryl methyl sites for hydroxylation is 6. The van der Waals surface area contributed by atoms with Crippen molar-refractivity contribution in [2.24, 2.45) is 4.99 Å². The first-order valence-corrected chi connectivity index (χ1v) is 12.3. The van der Waals surface area contributed by atoms with E-state index in [1.54, 1.807) is 34.5 Å². The molecule has 12 nitrogen and oxygen atoms in total. The zero-order chi connectivity index (χ0) is 29.4. The van der Waals surface area contributed by atoms with E-state index >= 15 is 0 Å². The van der Waals surface area contributed by atoms with Gasteiger partial charge in [0.1, 0.15) is 17.1 Å². The van der Waals surface area contributed by atoms with Crippen LogP contribution in [-0.4, -0.2) is 56.7 Å². The predicted molar refractivity (Wildman–Crippen MR) is 147 cm³/mol. The molecule has 3 aromatic heterocycles. The van der Waals surface area contributed by atoms with E-state index in [4.69, 9.17) is 22.0 Å². The number of carboxylic acids is 1. The normalized spacial score (nSPS) is 8.97. The third-order valence-electron chi connectivity index (χ3n) is 4.39. The van der Waals surface area contributed by atoms with Crippen LogP contribution in [0.1, 0.15) is 69.3 Å². The Morgan fingerprint density at radius 1 is 0.923 bits per heavy atom. The van der Waals surface area contributed by atoms with Gasteiger partial charge in [-0.05, 0) is 83.6 Å². The van der Waals surface area contributed by atoms with Crippen molar-refractivity contribution in [2.45, 2.75) is 61.2 Å². The molecule has 0 fully saturated rings. The van der Waals surface area contributed by atoms with E-state index in [-0.39, 0.29) is 57.1 Å². The number of hydrogen-bond acceptors (Lipinski definition) is 9. The molecule has 3 heterocycles. The van der Waals surface area contributed by atoms with Gasteiger partial charge in [0, 0.05) is 19.6 Å². The Balaban J connectivity index is 0. The molecule has 0 aliphatic carbocycles. The van der Waals surface area contributed by atoms with Crippen molar-refractivity contribution < 1.29 is 70.9 Å². The Bertz CT molecular complexity index is 1280. The van der Waals surface area contributed by atoms with E-state index in [0.717, 1.165) is 17.1 Å². The van der Waals surface area contributed by atoms with Gasteiger partial charge in [0.2, 0.25) is 0 Å². The summed E-state index contributed by atoms with van der Waals surface area (Å²) >= 11 is 13.3. The fourth-order valence-corrected chi connectivity index (χ4v) is 3.20. The fourth-order valence-electron chi connectivity index (χ4n) is 2.96. The maximum absolute atomic E-state index is 11.3. The molecule has 0 atom stereocenters. The summed E-state index contributed by atoms with van der Waals surface area (Å²) in [6, 6.07) is 4.92. The van der Waals surface area contributed by atoms with E-state index in [0.29, 0.717) is 31.0 Å². The summed E-state index contributed by atoms with van der Waals surface area (Å²) in [5.74, 6) is -1.31. The Labute approximate surface area is 285 Å². The topological polar surface area (TPSA) is 161 Å². The second kappa shape index (κ2) is 20.7. The summed E-state index contributed by atoms with van der Waals surface area (Å²) in [6.45, 7) is 13.0. The van der Waals surface area contributed by atoms with Crippen LogP contribution in [0.2, 0.25) is 0 Å². The van der Waals surface area contributed by atoms with Gasteiger partial charge in [0.25, 0.3) is 5.24 Å². The van der Waals surface area contributed by atoms with Gasteiger partial charge in [-0.25, -0.2) is 10.1 Å². The average Bonchev–Trinajstić information content (AvgIpc) is 3.56. The van der Waals surface area contributed by atoms with Crippen molar-refractivity contribution in [3.63, 3.8) is 0 Å². The van der Waals surface area contributed by atoms with Crippen LogP contribution in [0.4, 0.5) is 0 Å². The van der Waals surface area contributed by atoms with Crippen molar-refractivity contribution in [3.8, 4) is 5.40 Å². The maximum Gasteiger partial charge on any atom is 1.00 e. The van der Waals surface area contributed by atoms with Crippen LogP contribution >= 0.6 is 23.8 Å². The van der Waals surface area contributed by atoms with Gasteiger partial charge in [0.05, 0.1) is 22.2 Å². The number of carboxylic acid groups (broad SMARTS) is 1. The number of rotatable bonds is 6. The number of carbonyl (C=O) groups excluding carboxylic acids is 2. The summed E-state index contributed by atoms with van der Waals surface area (Å²) in [5, 5.41) is 30.9. The van der Waals surface area contributed by atoms with Gasteiger partial charge >= 0.3 is 63.3 Å². The van der Waals surface area contributed by atoms with Crippen LogP contribution in [0.5, 0.6) is 0 Å². The molecule has 0 saturated carbocycles. The minimum absolute atomic E-state index is 0. The van der Waals surface area contributed by atoms with Crippen LogP contribution in [0.25, 0.3) is 0 Å². The van der Waals surface area contributed by atoms with Crippen molar-refractivity contribution in [1.82, 2.24) is 29.3 Å². The van der Waals surface area contributed by atoms with Gasteiger partial charge < -0.3 is 17.7 Å². The van der Waals surface area contributed by atoms with E-state index < -0.39 is 17.1 Å². The van der Waals surface area contributed by atoms with E-state index in [1.165, 1.54) is 10.1 Å². The van der Waals surface area contributed by atoms with Crippen LogP contribution in [0.15, 0.2) is 23.2 Å². The van der Waals surface area contributed by atoms with E-state index in [1.807, 2.05) is 39.8 Å². The first-order valence-electron chi connectivity index (χ1n) is 11.1. The zero-order valence-corrected chi connectivity index (χ0v) is 28.3. The van der Waals surface area contributed by atoms with Gasteiger partial charge in [0.15, 0.2) is 0 Å². The van der Waals surface area contributed by atoms with Gasteiger partial charge in [-0.1, -0.05) is 5.40 Å². The van der Waals surface area contributed by atoms with Crippen molar-refractivity contribution in [1.29, 1.82) is 5.26 Å². The molecule has 3 rings (SSSR count). The molecule has 0 radical (unpaired) electrons. The van der Waals surface area contributed by atoms with Crippen molar-refractivity contribution in [3.05, 3.63) is 52.4 Å². The van der Waals surface area contributed by atoms with Crippen molar-refractivity contribution in [2.75, 3.05) is 0 Å². The van der Waals surface area contributed by atoms with Crippen LogP contribution in [0.3, 0.4) is 0 Å². The molecular weight excluding hydrogens is 591 g/mol. The number of aromatic carboxylic acids is 1. The first-order chi connectivity index (χ1) is 17.9. The summed E-state index contributed by atoms with van der Waals surface area (Å²) in [7, 11) is 0. The average molecular weight is 619 g/mol. The van der Waals surface area contributed by atoms with Crippen LogP contribution in [-0.2, 0) is 32.3 Å². The summed E-state index contributed by atoms with van der Waals surface area (Å²) in [5.41, 5.74) is 3.53. The molecule has 39 heavy (non-hydrogen) atoms. The smallest absolute Gasteiger partial charge is 0.696 e. The Morgan fingerprint density at radius 3 is 1.54 bits per heavy atom. The molecule has 1 N–H and O–H groups in total. The molecule has 1 amide bonds. The van der Waals surface area contributed by atoms with Crippen molar-refractivity contribution >= 4 is 58.7 Å². The molecule has 0 unspecified atom stereocenters. The molecule has 0 spiro atoms. The molecular formula is C23H28ClKN8O4S2.